The molecule has 80 valence electrons. The van der Waals surface area contributed by atoms with Crippen molar-refractivity contribution in [3.63, 3.8) is 0 Å². The van der Waals surface area contributed by atoms with Gasteiger partial charge < -0.3 is 4.74 Å². The second-order valence-corrected chi connectivity index (χ2v) is 4.06. The van der Waals surface area contributed by atoms with E-state index in [2.05, 4.69) is 9.72 Å². The van der Waals surface area contributed by atoms with Crippen molar-refractivity contribution in [2.75, 3.05) is 6.61 Å². The van der Waals surface area contributed by atoms with E-state index in [0.717, 1.165) is 5.01 Å². The predicted octanol–water partition coefficient (Wildman–Crippen LogP) is 2.66. The molecule has 0 atom stereocenters. The van der Waals surface area contributed by atoms with Crippen molar-refractivity contribution >= 4 is 17.3 Å². The number of carbonyl (C=O) groups excluding carboxylic acids is 1. The van der Waals surface area contributed by atoms with E-state index in [9.17, 15) is 4.79 Å². The molecule has 0 aromatic carbocycles. The number of esters is 1. The average Bonchev–Trinajstić information content (AvgIpc) is 2.57. The van der Waals surface area contributed by atoms with Crippen LogP contribution in [0.1, 0.15) is 25.8 Å². The Bertz CT molecular complexity index is 245. The van der Waals surface area contributed by atoms with Crippen molar-refractivity contribution in [3.8, 4) is 0 Å². The fourth-order valence-corrected chi connectivity index (χ4v) is 1.04. The standard InChI is InChI=1S/C6H12O2.C4H5NS/c1-4-8-6(7)5(2)3;1-4-5-2-3-6-4/h5H,4H2,1-3H3;2-3H,1H3. The summed E-state index contributed by atoms with van der Waals surface area (Å²) in [5, 5.41) is 3.10. The van der Waals surface area contributed by atoms with Crippen LogP contribution in [0, 0.1) is 12.8 Å². The fourth-order valence-electron chi connectivity index (χ4n) is 0.604. The molecular weight excluding hydrogens is 198 g/mol. The zero-order valence-electron chi connectivity index (χ0n) is 9.11. The third-order valence-electron chi connectivity index (χ3n) is 1.31. The van der Waals surface area contributed by atoms with Crippen molar-refractivity contribution in [3.05, 3.63) is 16.6 Å². The number of hydrogen-bond acceptors (Lipinski definition) is 4. The highest BCUT2D eigenvalue weighted by molar-refractivity contribution is 7.09. The molecule has 4 heteroatoms. The fraction of sp³-hybridized carbons (Fsp3) is 0.600. The SMILES string of the molecule is CCOC(=O)C(C)C.Cc1nccs1. The molecule has 0 radical (unpaired) electrons. The maximum Gasteiger partial charge on any atom is 0.308 e. The van der Waals surface area contributed by atoms with E-state index in [-0.39, 0.29) is 11.9 Å². The third kappa shape index (κ3) is 6.60. The van der Waals surface area contributed by atoms with E-state index in [4.69, 9.17) is 0 Å². The Kier molecular flexibility index (Phi) is 7.02. The summed E-state index contributed by atoms with van der Waals surface area (Å²) in [7, 11) is 0. The monoisotopic (exact) mass is 215 g/mol. The van der Waals surface area contributed by atoms with E-state index in [1.807, 2.05) is 26.2 Å². The van der Waals surface area contributed by atoms with Crippen molar-refractivity contribution in [2.24, 2.45) is 5.92 Å². The van der Waals surface area contributed by atoms with Crippen molar-refractivity contribution in [1.29, 1.82) is 0 Å². The summed E-state index contributed by atoms with van der Waals surface area (Å²) in [6.07, 6.45) is 1.81. The summed E-state index contributed by atoms with van der Waals surface area (Å²) in [6.45, 7) is 7.91. The van der Waals surface area contributed by atoms with Crippen LogP contribution in [0.2, 0.25) is 0 Å². The van der Waals surface area contributed by atoms with Gasteiger partial charge in [-0.15, -0.1) is 11.3 Å². The van der Waals surface area contributed by atoms with Gasteiger partial charge in [-0.25, -0.2) is 0 Å². The molecule has 0 aliphatic heterocycles. The molecule has 0 N–H and O–H groups in total. The Balaban J connectivity index is 0.000000249. The lowest BCUT2D eigenvalue weighted by Crippen LogP contribution is -2.10. The molecule has 0 aliphatic carbocycles. The van der Waals surface area contributed by atoms with Crippen LogP contribution in [0.3, 0.4) is 0 Å². The summed E-state index contributed by atoms with van der Waals surface area (Å²) in [6, 6.07) is 0. The first kappa shape index (κ1) is 13.1. The van der Waals surface area contributed by atoms with E-state index >= 15 is 0 Å². The minimum atomic E-state index is -0.118. The smallest absolute Gasteiger partial charge is 0.308 e. The average molecular weight is 215 g/mol. The van der Waals surface area contributed by atoms with Gasteiger partial charge in [-0.2, -0.15) is 0 Å². The molecule has 0 bridgehead atoms. The van der Waals surface area contributed by atoms with Gasteiger partial charge in [0, 0.05) is 11.6 Å². The van der Waals surface area contributed by atoms with Crippen LogP contribution >= 0.6 is 11.3 Å². The van der Waals surface area contributed by atoms with Crippen LogP contribution in [0.15, 0.2) is 11.6 Å². The second-order valence-electron chi connectivity index (χ2n) is 2.96. The first-order valence-corrected chi connectivity index (χ1v) is 5.48. The molecular formula is C10H17NO2S. The minimum Gasteiger partial charge on any atom is -0.466 e. The number of nitrogens with zero attached hydrogens (tertiary/aromatic N) is 1. The Hall–Kier alpha value is -0.900. The third-order valence-corrected chi connectivity index (χ3v) is 2.02. The molecule has 1 aromatic heterocycles. The van der Waals surface area contributed by atoms with Crippen molar-refractivity contribution in [1.82, 2.24) is 4.98 Å². The normalized spacial score (nSPS) is 9.21. The lowest BCUT2D eigenvalue weighted by Gasteiger charge is -2.01. The van der Waals surface area contributed by atoms with E-state index in [1.54, 1.807) is 24.5 Å². The molecule has 0 aliphatic rings. The van der Waals surface area contributed by atoms with Gasteiger partial charge in [-0.05, 0) is 13.8 Å². The molecule has 0 saturated carbocycles. The van der Waals surface area contributed by atoms with E-state index < -0.39 is 0 Å². The van der Waals surface area contributed by atoms with Gasteiger partial charge in [0.2, 0.25) is 0 Å². The van der Waals surface area contributed by atoms with Gasteiger partial charge >= 0.3 is 5.97 Å². The van der Waals surface area contributed by atoms with E-state index in [0.29, 0.717) is 6.61 Å². The van der Waals surface area contributed by atoms with Gasteiger partial charge in [0.1, 0.15) is 0 Å². The highest BCUT2D eigenvalue weighted by Gasteiger charge is 2.04. The number of ether oxygens (including phenoxy) is 1. The lowest BCUT2D eigenvalue weighted by molar-refractivity contribution is -0.146. The number of rotatable bonds is 2. The molecule has 1 rings (SSSR count). The van der Waals surface area contributed by atoms with Gasteiger partial charge in [-0.1, -0.05) is 13.8 Å². The summed E-state index contributed by atoms with van der Waals surface area (Å²) in [4.78, 5) is 14.5. The Morgan fingerprint density at radius 1 is 1.64 bits per heavy atom. The number of carbonyl (C=O) groups is 1. The van der Waals surface area contributed by atoms with Crippen LogP contribution in [-0.2, 0) is 9.53 Å². The molecule has 0 amide bonds. The molecule has 1 aromatic rings. The van der Waals surface area contributed by atoms with Crippen LogP contribution < -0.4 is 0 Å². The highest BCUT2D eigenvalue weighted by Crippen LogP contribution is 1.98. The Morgan fingerprint density at radius 3 is 2.43 bits per heavy atom. The second kappa shape index (κ2) is 7.50. The number of hydrogen-bond donors (Lipinski definition) is 0. The predicted molar refractivity (Wildman–Crippen MR) is 58.3 cm³/mol. The molecule has 0 saturated heterocycles. The van der Waals surface area contributed by atoms with Gasteiger partial charge in [0.25, 0.3) is 0 Å². The summed E-state index contributed by atoms with van der Waals surface area (Å²) in [5.74, 6) is -0.109. The highest BCUT2D eigenvalue weighted by atomic mass is 32.1. The van der Waals surface area contributed by atoms with Crippen LogP contribution in [0.5, 0.6) is 0 Å². The van der Waals surface area contributed by atoms with Crippen LogP contribution in [0.25, 0.3) is 0 Å². The maximum absolute atomic E-state index is 10.5. The van der Waals surface area contributed by atoms with Crippen molar-refractivity contribution in [2.45, 2.75) is 27.7 Å². The molecule has 14 heavy (non-hydrogen) atoms. The van der Waals surface area contributed by atoms with Crippen molar-refractivity contribution < 1.29 is 9.53 Å². The quantitative estimate of drug-likeness (QED) is 0.712. The zero-order valence-corrected chi connectivity index (χ0v) is 9.93. The molecule has 0 unspecified atom stereocenters. The Morgan fingerprint density at radius 2 is 2.29 bits per heavy atom. The molecule has 1 heterocycles. The Labute approximate surface area is 89.1 Å². The number of aromatic nitrogens is 1. The lowest BCUT2D eigenvalue weighted by atomic mass is 10.2. The van der Waals surface area contributed by atoms with Crippen LogP contribution in [-0.4, -0.2) is 17.6 Å². The first-order valence-electron chi connectivity index (χ1n) is 4.60. The van der Waals surface area contributed by atoms with Gasteiger partial charge in [-0.3, -0.25) is 9.78 Å². The van der Waals surface area contributed by atoms with Gasteiger partial charge in [0.05, 0.1) is 17.5 Å². The zero-order chi connectivity index (χ0) is 11.0. The largest absolute Gasteiger partial charge is 0.466 e. The topological polar surface area (TPSA) is 39.2 Å². The molecule has 0 fully saturated rings. The van der Waals surface area contributed by atoms with Crippen LogP contribution in [0.4, 0.5) is 0 Å². The minimum absolute atomic E-state index is 0.00921. The summed E-state index contributed by atoms with van der Waals surface area (Å²) in [5.41, 5.74) is 0. The van der Waals surface area contributed by atoms with Gasteiger partial charge in [0.15, 0.2) is 0 Å². The number of thiazole rings is 1. The first-order chi connectivity index (χ1) is 6.57. The maximum atomic E-state index is 10.5. The molecule has 3 nitrogen and oxygen atoms in total. The summed E-state index contributed by atoms with van der Waals surface area (Å²) < 4.78 is 4.66. The number of aryl methyl sites for hydroxylation is 1. The molecule has 0 spiro atoms. The summed E-state index contributed by atoms with van der Waals surface area (Å²) >= 11 is 1.67. The van der Waals surface area contributed by atoms with E-state index in [1.165, 1.54) is 0 Å².